The number of rotatable bonds is 4. The van der Waals surface area contributed by atoms with Gasteiger partial charge in [0.2, 0.25) is 5.91 Å². The molecular formula is C22H23NO4. The number of carbonyl (C=O) groups excluding carboxylic acids is 1. The molecule has 140 valence electrons. The van der Waals surface area contributed by atoms with Gasteiger partial charge in [0.05, 0.1) is 13.2 Å². The molecule has 2 aliphatic heterocycles. The second-order valence-corrected chi connectivity index (χ2v) is 6.70. The summed E-state index contributed by atoms with van der Waals surface area (Å²) >= 11 is 0. The fourth-order valence-electron chi connectivity index (χ4n) is 3.65. The van der Waals surface area contributed by atoms with Crippen LogP contribution in [0, 0.1) is 0 Å². The molecule has 0 spiro atoms. The summed E-state index contributed by atoms with van der Waals surface area (Å²) in [4.78, 5) is 14.7. The molecule has 0 radical (unpaired) electrons. The number of fused-ring (bicyclic) bond motifs is 1. The van der Waals surface area contributed by atoms with Crippen molar-refractivity contribution in [2.75, 3.05) is 26.9 Å². The zero-order chi connectivity index (χ0) is 18.6. The third-order valence-corrected chi connectivity index (χ3v) is 5.00. The van der Waals surface area contributed by atoms with Crippen molar-refractivity contribution in [3.8, 4) is 17.2 Å². The lowest BCUT2D eigenvalue weighted by molar-refractivity contribution is -0.126. The van der Waals surface area contributed by atoms with Gasteiger partial charge in [-0.15, -0.1) is 0 Å². The van der Waals surface area contributed by atoms with E-state index in [0.29, 0.717) is 13.2 Å². The second-order valence-electron chi connectivity index (χ2n) is 6.70. The molecule has 1 atom stereocenters. The van der Waals surface area contributed by atoms with Gasteiger partial charge < -0.3 is 19.1 Å². The van der Waals surface area contributed by atoms with Crippen molar-refractivity contribution in [2.45, 2.75) is 18.9 Å². The predicted octanol–water partition coefficient (Wildman–Crippen LogP) is 3.84. The molecule has 2 aromatic carbocycles. The van der Waals surface area contributed by atoms with Gasteiger partial charge in [-0.05, 0) is 54.3 Å². The zero-order valence-corrected chi connectivity index (χ0v) is 15.4. The van der Waals surface area contributed by atoms with Gasteiger partial charge >= 0.3 is 0 Å². The molecule has 1 amide bonds. The van der Waals surface area contributed by atoms with Gasteiger partial charge in [0, 0.05) is 12.6 Å². The van der Waals surface area contributed by atoms with Crippen LogP contribution in [-0.2, 0) is 4.79 Å². The Hall–Kier alpha value is -2.95. The van der Waals surface area contributed by atoms with Crippen molar-refractivity contribution in [1.82, 2.24) is 4.90 Å². The molecule has 2 aromatic rings. The largest absolute Gasteiger partial charge is 0.497 e. The Morgan fingerprint density at radius 1 is 1.15 bits per heavy atom. The monoisotopic (exact) mass is 365 g/mol. The molecule has 4 rings (SSSR count). The first-order chi connectivity index (χ1) is 13.2. The fourth-order valence-corrected chi connectivity index (χ4v) is 3.65. The number of ether oxygens (including phenoxy) is 3. The van der Waals surface area contributed by atoms with Crippen molar-refractivity contribution >= 4 is 12.0 Å². The number of hydrogen-bond donors (Lipinski definition) is 0. The van der Waals surface area contributed by atoms with E-state index in [1.165, 1.54) is 0 Å². The van der Waals surface area contributed by atoms with E-state index in [2.05, 4.69) is 0 Å². The lowest BCUT2D eigenvalue weighted by Crippen LogP contribution is -2.29. The van der Waals surface area contributed by atoms with Gasteiger partial charge in [-0.3, -0.25) is 4.79 Å². The molecule has 2 heterocycles. The molecule has 2 aliphatic rings. The van der Waals surface area contributed by atoms with E-state index in [4.69, 9.17) is 14.2 Å². The minimum Gasteiger partial charge on any atom is -0.497 e. The summed E-state index contributed by atoms with van der Waals surface area (Å²) in [5, 5.41) is 0. The Bertz CT molecular complexity index is 861. The Morgan fingerprint density at radius 2 is 2.00 bits per heavy atom. The molecule has 1 saturated heterocycles. The minimum absolute atomic E-state index is 0.0233. The van der Waals surface area contributed by atoms with E-state index in [-0.39, 0.29) is 11.9 Å². The van der Waals surface area contributed by atoms with Gasteiger partial charge in [-0.25, -0.2) is 0 Å². The first-order valence-corrected chi connectivity index (χ1v) is 9.27. The number of benzene rings is 2. The van der Waals surface area contributed by atoms with Gasteiger partial charge in [-0.2, -0.15) is 0 Å². The summed E-state index contributed by atoms with van der Waals surface area (Å²) in [6, 6.07) is 13.7. The first kappa shape index (κ1) is 17.5. The van der Waals surface area contributed by atoms with Gasteiger partial charge in [0.1, 0.15) is 19.0 Å². The minimum atomic E-state index is 0.0233. The summed E-state index contributed by atoms with van der Waals surface area (Å²) in [6.07, 6.45) is 5.44. The summed E-state index contributed by atoms with van der Waals surface area (Å²) in [5.74, 6) is 2.35. The normalized spacial score (nSPS) is 18.7. The van der Waals surface area contributed by atoms with E-state index in [1.54, 1.807) is 13.2 Å². The van der Waals surface area contributed by atoms with E-state index < -0.39 is 0 Å². The molecule has 5 nitrogen and oxygen atoms in total. The Morgan fingerprint density at radius 3 is 2.85 bits per heavy atom. The van der Waals surface area contributed by atoms with Crippen LogP contribution in [0.15, 0.2) is 48.5 Å². The van der Waals surface area contributed by atoms with E-state index in [9.17, 15) is 4.79 Å². The van der Waals surface area contributed by atoms with Crippen molar-refractivity contribution < 1.29 is 19.0 Å². The first-order valence-electron chi connectivity index (χ1n) is 9.27. The molecule has 27 heavy (non-hydrogen) atoms. The Balaban J connectivity index is 1.50. The summed E-state index contributed by atoms with van der Waals surface area (Å²) in [6.45, 7) is 1.91. The van der Waals surface area contributed by atoms with Crippen molar-refractivity contribution in [2.24, 2.45) is 0 Å². The average molecular weight is 365 g/mol. The average Bonchev–Trinajstić information content (AvgIpc) is 3.22. The van der Waals surface area contributed by atoms with Crippen LogP contribution in [-0.4, -0.2) is 37.7 Å². The Labute approximate surface area is 159 Å². The van der Waals surface area contributed by atoms with Crippen LogP contribution >= 0.6 is 0 Å². The Kier molecular flexibility index (Phi) is 5.01. The second kappa shape index (κ2) is 7.74. The van der Waals surface area contributed by atoms with Crippen molar-refractivity contribution in [3.05, 3.63) is 59.7 Å². The number of likely N-dealkylation sites (tertiary alicyclic amines) is 1. The molecule has 5 heteroatoms. The van der Waals surface area contributed by atoms with E-state index in [0.717, 1.165) is 47.8 Å². The van der Waals surface area contributed by atoms with Crippen molar-refractivity contribution in [3.63, 3.8) is 0 Å². The van der Waals surface area contributed by atoms with Crippen LogP contribution < -0.4 is 14.2 Å². The van der Waals surface area contributed by atoms with E-state index >= 15 is 0 Å². The van der Waals surface area contributed by atoms with E-state index in [1.807, 2.05) is 53.4 Å². The maximum atomic E-state index is 12.8. The lowest BCUT2D eigenvalue weighted by atomic mass is 10.0. The maximum Gasteiger partial charge on any atom is 0.247 e. The van der Waals surface area contributed by atoms with Crippen LogP contribution in [0.1, 0.15) is 30.0 Å². The standard InChI is InChI=1S/C22H23NO4/c1-25-18-5-2-4-16(14-18)7-10-22(24)23-11-3-6-19(23)17-8-9-20-21(15-17)27-13-12-26-20/h2,4-5,7-10,14-15,19H,3,6,11-13H2,1H3/b10-7+. The molecule has 0 bridgehead atoms. The summed E-state index contributed by atoms with van der Waals surface area (Å²) in [5.41, 5.74) is 2.04. The third kappa shape index (κ3) is 3.77. The number of hydrogen-bond acceptors (Lipinski definition) is 4. The highest BCUT2D eigenvalue weighted by Gasteiger charge is 2.29. The highest BCUT2D eigenvalue weighted by Crippen LogP contribution is 2.38. The quantitative estimate of drug-likeness (QED) is 0.773. The van der Waals surface area contributed by atoms with Gasteiger partial charge in [-0.1, -0.05) is 18.2 Å². The molecule has 0 saturated carbocycles. The summed E-state index contributed by atoms with van der Waals surface area (Å²) < 4.78 is 16.5. The fraction of sp³-hybridized carbons (Fsp3) is 0.318. The maximum absolute atomic E-state index is 12.8. The lowest BCUT2D eigenvalue weighted by Gasteiger charge is -2.26. The van der Waals surface area contributed by atoms with Crippen LogP contribution in [0.4, 0.5) is 0 Å². The highest BCUT2D eigenvalue weighted by molar-refractivity contribution is 5.92. The molecule has 0 N–H and O–H groups in total. The topological polar surface area (TPSA) is 48.0 Å². The SMILES string of the molecule is COc1cccc(/C=C/C(=O)N2CCCC2c2ccc3c(c2)OCCO3)c1. The van der Waals surface area contributed by atoms with Gasteiger partial charge in [0.15, 0.2) is 11.5 Å². The van der Waals surface area contributed by atoms with Crippen LogP contribution in [0.5, 0.6) is 17.2 Å². The number of amides is 1. The molecule has 0 aliphatic carbocycles. The summed E-state index contributed by atoms with van der Waals surface area (Å²) in [7, 11) is 1.64. The van der Waals surface area contributed by atoms with Crippen LogP contribution in [0.2, 0.25) is 0 Å². The molecule has 1 fully saturated rings. The van der Waals surface area contributed by atoms with Crippen molar-refractivity contribution in [1.29, 1.82) is 0 Å². The smallest absolute Gasteiger partial charge is 0.247 e. The number of methoxy groups -OCH3 is 1. The van der Waals surface area contributed by atoms with Crippen LogP contribution in [0.25, 0.3) is 6.08 Å². The molecule has 0 aromatic heterocycles. The molecular weight excluding hydrogens is 342 g/mol. The number of nitrogens with zero attached hydrogens (tertiary/aromatic N) is 1. The third-order valence-electron chi connectivity index (χ3n) is 5.00. The predicted molar refractivity (Wildman–Crippen MR) is 103 cm³/mol. The van der Waals surface area contributed by atoms with Crippen LogP contribution in [0.3, 0.4) is 0 Å². The zero-order valence-electron chi connectivity index (χ0n) is 15.4. The molecule has 1 unspecified atom stereocenters. The highest BCUT2D eigenvalue weighted by atomic mass is 16.6. The van der Waals surface area contributed by atoms with Gasteiger partial charge in [0.25, 0.3) is 0 Å². The number of carbonyl (C=O) groups is 1.